The van der Waals surface area contributed by atoms with Crippen molar-refractivity contribution in [1.82, 2.24) is 15.3 Å². The number of fused-ring (bicyclic) bond motifs is 1. The van der Waals surface area contributed by atoms with E-state index in [2.05, 4.69) is 43.3 Å². The second-order valence-electron chi connectivity index (χ2n) is 5.10. The third-order valence-electron chi connectivity index (χ3n) is 3.60. The number of hydrogen-bond acceptors (Lipinski definition) is 2. The van der Waals surface area contributed by atoms with Crippen molar-refractivity contribution in [1.29, 1.82) is 0 Å². The Bertz CT molecular complexity index is 797. The van der Waals surface area contributed by atoms with E-state index in [4.69, 9.17) is 0 Å². The lowest BCUT2D eigenvalue weighted by atomic mass is 10.1. The highest BCUT2D eigenvalue weighted by Gasteiger charge is 2.07. The summed E-state index contributed by atoms with van der Waals surface area (Å²) >= 11 is 3.40. The van der Waals surface area contributed by atoms with Gasteiger partial charge in [-0.05, 0) is 45.6 Å². The quantitative estimate of drug-likeness (QED) is 0.736. The number of H-pyrrole nitrogens is 1. The maximum absolute atomic E-state index is 12.0. The van der Waals surface area contributed by atoms with Crippen molar-refractivity contribution in [3.05, 3.63) is 64.5 Å². The number of hydrogen-bond donors (Lipinski definition) is 2. The summed E-state index contributed by atoms with van der Waals surface area (Å²) in [6.07, 6.45) is 6.58. The zero-order chi connectivity index (χ0) is 15.4. The molecule has 0 aliphatic carbocycles. The molecule has 2 aromatic heterocycles. The molecule has 0 spiro atoms. The SMILES string of the molecule is O=C(Cc1ccncc1Br)NCCc1c[nH]c2ccccc12. The Labute approximate surface area is 137 Å². The molecule has 2 N–H and O–H groups in total. The molecule has 3 aromatic rings. The summed E-state index contributed by atoms with van der Waals surface area (Å²) in [7, 11) is 0. The number of aromatic amines is 1. The van der Waals surface area contributed by atoms with Crippen molar-refractivity contribution >= 4 is 32.7 Å². The number of nitrogens with one attached hydrogen (secondary N) is 2. The number of carbonyl (C=O) groups excluding carboxylic acids is 1. The van der Waals surface area contributed by atoms with Crippen molar-refractivity contribution in [2.45, 2.75) is 12.8 Å². The van der Waals surface area contributed by atoms with Crippen LogP contribution in [0.3, 0.4) is 0 Å². The Kier molecular flexibility index (Phi) is 4.53. The van der Waals surface area contributed by atoms with Gasteiger partial charge < -0.3 is 10.3 Å². The fourth-order valence-electron chi connectivity index (χ4n) is 2.46. The highest BCUT2D eigenvalue weighted by Crippen LogP contribution is 2.18. The molecule has 3 rings (SSSR count). The van der Waals surface area contributed by atoms with Crippen LogP contribution in [0.15, 0.2) is 53.4 Å². The molecule has 1 aromatic carbocycles. The summed E-state index contributed by atoms with van der Waals surface area (Å²) in [4.78, 5) is 19.2. The first kappa shape index (κ1) is 14.8. The van der Waals surface area contributed by atoms with E-state index >= 15 is 0 Å². The molecule has 0 saturated carbocycles. The Morgan fingerprint density at radius 2 is 2.09 bits per heavy atom. The number of carbonyl (C=O) groups is 1. The summed E-state index contributed by atoms with van der Waals surface area (Å²) < 4.78 is 0.863. The van der Waals surface area contributed by atoms with Gasteiger partial charge in [0.05, 0.1) is 6.42 Å². The molecular formula is C17H16BrN3O. The van der Waals surface area contributed by atoms with Crippen molar-refractivity contribution in [3.63, 3.8) is 0 Å². The molecule has 1 amide bonds. The molecular weight excluding hydrogens is 342 g/mol. The Morgan fingerprint density at radius 3 is 2.95 bits per heavy atom. The van der Waals surface area contributed by atoms with Gasteiger partial charge in [-0.3, -0.25) is 9.78 Å². The number of aromatic nitrogens is 2. The van der Waals surface area contributed by atoms with E-state index in [1.54, 1.807) is 12.4 Å². The zero-order valence-corrected chi connectivity index (χ0v) is 13.6. The molecule has 0 fully saturated rings. The summed E-state index contributed by atoms with van der Waals surface area (Å²) in [6, 6.07) is 10.0. The lowest BCUT2D eigenvalue weighted by molar-refractivity contribution is -0.120. The fourth-order valence-corrected chi connectivity index (χ4v) is 2.85. The number of pyridine rings is 1. The molecule has 5 heteroatoms. The number of benzene rings is 1. The first-order chi connectivity index (χ1) is 10.7. The molecule has 0 aliphatic rings. The highest BCUT2D eigenvalue weighted by atomic mass is 79.9. The number of nitrogens with zero attached hydrogens (tertiary/aromatic N) is 1. The Balaban J connectivity index is 1.55. The van der Waals surface area contributed by atoms with Crippen LogP contribution < -0.4 is 5.32 Å². The van der Waals surface area contributed by atoms with Crippen LogP contribution in [0.5, 0.6) is 0 Å². The minimum Gasteiger partial charge on any atom is -0.361 e. The molecule has 112 valence electrons. The van der Waals surface area contributed by atoms with E-state index < -0.39 is 0 Å². The molecule has 0 aliphatic heterocycles. The number of amides is 1. The van der Waals surface area contributed by atoms with Gasteiger partial charge in [-0.15, -0.1) is 0 Å². The summed E-state index contributed by atoms with van der Waals surface area (Å²) in [5, 5.41) is 4.18. The largest absolute Gasteiger partial charge is 0.361 e. The molecule has 0 radical (unpaired) electrons. The van der Waals surface area contributed by atoms with E-state index in [9.17, 15) is 4.79 Å². The molecule has 0 bridgehead atoms. The van der Waals surface area contributed by atoms with Gasteiger partial charge in [0, 0.05) is 40.5 Å². The topological polar surface area (TPSA) is 57.8 Å². The predicted octanol–water partition coefficient (Wildman–Crippen LogP) is 3.23. The first-order valence-corrected chi connectivity index (χ1v) is 7.93. The average Bonchev–Trinajstić information content (AvgIpc) is 2.93. The van der Waals surface area contributed by atoms with Crippen LogP contribution in [0.25, 0.3) is 10.9 Å². The molecule has 2 heterocycles. The second-order valence-corrected chi connectivity index (χ2v) is 5.96. The molecule has 0 unspecified atom stereocenters. The summed E-state index contributed by atoms with van der Waals surface area (Å²) in [6.45, 7) is 0.628. The van der Waals surface area contributed by atoms with Crippen molar-refractivity contribution in [2.24, 2.45) is 0 Å². The van der Waals surface area contributed by atoms with Crippen LogP contribution in [0.4, 0.5) is 0 Å². The molecule has 0 saturated heterocycles. The number of para-hydroxylation sites is 1. The lowest BCUT2D eigenvalue weighted by Gasteiger charge is -2.06. The van der Waals surface area contributed by atoms with E-state index in [0.717, 1.165) is 22.0 Å². The monoisotopic (exact) mass is 357 g/mol. The fraction of sp³-hybridized carbons (Fsp3) is 0.176. The van der Waals surface area contributed by atoms with Crippen LogP contribution in [0.2, 0.25) is 0 Å². The van der Waals surface area contributed by atoms with Gasteiger partial charge in [0.15, 0.2) is 0 Å². The summed E-state index contributed by atoms with van der Waals surface area (Å²) in [5.41, 5.74) is 3.30. The van der Waals surface area contributed by atoms with E-state index in [-0.39, 0.29) is 5.91 Å². The molecule has 4 nitrogen and oxygen atoms in total. The van der Waals surface area contributed by atoms with E-state index in [0.29, 0.717) is 13.0 Å². The maximum Gasteiger partial charge on any atom is 0.224 e. The summed E-state index contributed by atoms with van der Waals surface area (Å²) in [5.74, 6) is 0.0201. The van der Waals surface area contributed by atoms with Crippen molar-refractivity contribution in [2.75, 3.05) is 6.54 Å². The first-order valence-electron chi connectivity index (χ1n) is 7.14. The van der Waals surface area contributed by atoms with Crippen molar-refractivity contribution < 1.29 is 4.79 Å². The lowest BCUT2D eigenvalue weighted by Crippen LogP contribution is -2.27. The van der Waals surface area contributed by atoms with Gasteiger partial charge in [-0.2, -0.15) is 0 Å². The smallest absolute Gasteiger partial charge is 0.224 e. The van der Waals surface area contributed by atoms with Gasteiger partial charge in [0.25, 0.3) is 0 Å². The van der Waals surface area contributed by atoms with E-state index in [1.165, 1.54) is 10.9 Å². The van der Waals surface area contributed by atoms with Crippen molar-refractivity contribution in [3.8, 4) is 0 Å². The highest BCUT2D eigenvalue weighted by molar-refractivity contribution is 9.10. The number of rotatable bonds is 5. The molecule has 0 atom stereocenters. The normalized spacial score (nSPS) is 10.8. The van der Waals surface area contributed by atoms with Crippen LogP contribution in [0, 0.1) is 0 Å². The van der Waals surface area contributed by atoms with Gasteiger partial charge in [-0.1, -0.05) is 18.2 Å². The standard InChI is InChI=1S/C17H16BrN3O/c18-15-11-19-7-5-12(15)9-17(22)20-8-6-13-10-21-16-4-2-1-3-14(13)16/h1-5,7,10-11,21H,6,8-9H2,(H,20,22). The Hall–Kier alpha value is -2.14. The van der Waals surface area contributed by atoms with Crippen LogP contribution in [-0.2, 0) is 17.6 Å². The van der Waals surface area contributed by atoms with Crippen LogP contribution >= 0.6 is 15.9 Å². The molecule has 22 heavy (non-hydrogen) atoms. The number of halogens is 1. The van der Waals surface area contributed by atoms with Crippen LogP contribution in [0.1, 0.15) is 11.1 Å². The third kappa shape index (κ3) is 3.36. The minimum atomic E-state index is 0.0201. The zero-order valence-electron chi connectivity index (χ0n) is 12.0. The Morgan fingerprint density at radius 1 is 1.23 bits per heavy atom. The van der Waals surface area contributed by atoms with Gasteiger partial charge in [0.2, 0.25) is 5.91 Å². The van der Waals surface area contributed by atoms with Gasteiger partial charge in [-0.25, -0.2) is 0 Å². The third-order valence-corrected chi connectivity index (χ3v) is 4.31. The maximum atomic E-state index is 12.0. The average molecular weight is 358 g/mol. The second kappa shape index (κ2) is 6.75. The predicted molar refractivity (Wildman–Crippen MR) is 90.7 cm³/mol. The minimum absolute atomic E-state index is 0.0201. The van der Waals surface area contributed by atoms with Gasteiger partial charge >= 0.3 is 0 Å². The van der Waals surface area contributed by atoms with Gasteiger partial charge in [0.1, 0.15) is 0 Å². The van der Waals surface area contributed by atoms with Crippen LogP contribution in [-0.4, -0.2) is 22.4 Å². The van der Waals surface area contributed by atoms with E-state index in [1.807, 2.05) is 24.4 Å².